The third-order valence-corrected chi connectivity index (χ3v) is 3.03. The predicted molar refractivity (Wildman–Crippen MR) is 55.1 cm³/mol. The van der Waals surface area contributed by atoms with Crippen molar-refractivity contribution >= 4 is 11.8 Å². The third-order valence-electron chi connectivity index (χ3n) is 3.03. The summed E-state index contributed by atoms with van der Waals surface area (Å²) >= 11 is 0. The van der Waals surface area contributed by atoms with Crippen LogP contribution in [-0.4, -0.2) is 34.1 Å². The minimum Gasteiger partial charge on any atom is -0.389 e. The molecule has 15 heavy (non-hydrogen) atoms. The van der Waals surface area contributed by atoms with E-state index in [1.165, 1.54) is 0 Å². The summed E-state index contributed by atoms with van der Waals surface area (Å²) in [5.41, 5.74) is -1.61. The fourth-order valence-corrected chi connectivity index (χ4v) is 1.28. The van der Waals surface area contributed by atoms with E-state index in [1.807, 2.05) is 0 Å². The Morgan fingerprint density at radius 3 is 2.20 bits per heavy atom. The number of aliphatic hydroxyl groups is 1. The van der Waals surface area contributed by atoms with Crippen LogP contribution < -0.4 is 10.6 Å². The molecular formula is C10H18N2O3. The second-order valence-corrected chi connectivity index (χ2v) is 5.00. The standard InChI is InChI=1S/C10H18N2O3/c1-9(2,10(3,4)15)12-6-5-7(13)11-8(6)14/h6,12,15H,5H2,1-4H3,(H,11,13,14). The Hall–Kier alpha value is -0.940. The van der Waals surface area contributed by atoms with Crippen LogP contribution in [0.2, 0.25) is 0 Å². The lowest BCUT2D eigenvalue weighted by atomic mass is 9.85. The molecule has 1 aliphatic heterocycles. The summed E-state index contributed by atoms with van der Waals surface area (Å²) in [4.78, 5) is 22.3. The number of rotatable bonds is 3. The minimum absolute atomic E-state index is 0.137. The monoisotopic (exact) mass is 214 g/mol. The first-order valence-corrected chi connectivity index (χ1v) is 4.97. The maximum absolute atomic E-state index is 11.3. The third kappa shape index (κ3) is 2.54. The van der Waals surface area contributed by atoms with Crippen LogP contribution in [0.25, 0.3) is 0 Å². The predicted octanol–water partition coefficient (Wildman–Crippen LogP) is -0.459. The molecule has 0 radical (unpaired) electrons. The molecule has 1 atom stereocenters. The summed E-state index contributed by atoms with van der Waals surface area (Å²) in [6.07, 6.45) is 0.137. The maximum atomic E-state index is 11.3. The van der Waals surface area contributed by atoms with Gasteiger partial charge < -0.3 is 5.11 Å². The molecule has 0 aromatic carbocycles. The molecule has 0 aromatic heterocycles. The lowest BCUT2D eigenvalue weighted by Gasteiger charge is -2.39. The van der Waals surface area contributed by atoms with E-state index in [0.717, 1.165) is 0 Å². The minimum atomic E-state index is -0.973. The van der Waals surface area contributed by atoms with Crippen molar-refractivity contribution in [2.75, 3.05) is 0 Å². The molecule has 1 fully saturated rings. The highest BCUT2D eigenvalue weighted by atomic mass is 16.3. The first kappa shape index (κ1) is 12.1. The van der Waals surface area contributed by atoms with Crippen molar-refractivity contribution < 1.29 is 14.7 Å². The molecule has 5 nitrogen and oxygen atoms in total. The molecule has 1 rings (SSSR count). The highest BCUT2D eigenvalue weighted by Crippen LogP contribution is 2.22. The lowest BCUT2D eigenvalue weighted by molar-refractivity contribution is -0.125. The van der Waals surface area contributed by atoms with Crippen LogP contribution in [0.1, 0.15) is 34.1 Å². The van der Waals surface area contributed by atoms with Crippen molar-refractivity contribution in [2.24, 2.45) is 0 Å². The molecule has 0 saturated carbocycles. The molecule has 1 aliphatic rings. The summed E-state index contributed by atoms with van der Waals surface area (Å²) in [6, 6.07) is -0.543. The summed E-state index contributed by atoms with van der Waals surface area (Å²) in [5.74, 6) is -0.596. The smallest absolute Gasteiger partial charge is 0.244 e. The van der Waals surface area contributed by atoms with Crippen molar-refractivity contribution in [1.82, 2.24) is 10.6 Å². The van der Waals surface area contributed by atoms with Gasteiger partial charge in [0.25, 0.3) is 0 Å². The second-order valence-electron chi connectivity index (χ2n) is 5.00. The average molecular weight is 214 g/mol. The number of carbonyl (C=O) groups excluding carboxylic acids is 2. The van der Waals surface area contributed by atoms with Crippen molar-refractivity contribution in [2.45, 2.75) is 51.3 Å². The van der Waals surface area contributed by atoms with Crippen LogP contribution in [0, 0.1) is 0 Å². The molecule has 0 spiro atoms. The largest absolute Gasteiger partial charge is 0.389 e. The Morgan fingerprint density at radius 2 is 1.87 bits per heavy atom. The van der Waals surface area contributed by atoms with E-state index in [1.54, 1.807) is 27.7 Å². The van der Waals surface area contributed by atoms with Gasteiger partial charge in [0.05, 0.1) is 18.1 Å². The van der Waals surface area contributed by atoms with Gasteiger partial charge in [-0.3, -0.25) is 20.2 Å². The van der Waals surface area contributed by atoms with Crippen LogP contribution in [0.15, 0.2) is 0 Å². The molecule has 0 aromatic rings. The van der Waals surface area contributed by atoms with Crippen molar-refractivity contribution in [3.63, 3.8) is 0 Å². The first-order chi connectivity index (χ1) is 6.63. The quantitative estimate of drug-likeness (QED) is 0.555. The molecule has 1 unspecified atom stereocenters. The van der Waals surface area contributed by atoms with Gasteiger partial charge in [0.2, 0.25) is 11.8 Å². The molecule has 0 aliphatic carbocycles. The van der Waals surface area contributed by atoms with E-state index in [0.29, 0.717) is 0 Å². The number of hydrogen-bond donors (Lipinski definition) is 3. The van der Waals surface area contributed by atoms with Crippen molar-refractivity contribution in [1.29, 1.82) is 0 Å². The molecule has 2 amide bonds. The second kappa shape index (κ2) is 3.57. The molecule has 1 saturated heterocycles. The molecule has 1 heterocycles. The van der Waals surface area contributed by atoms with Crippen LogP contribution in [0.4, 0.5) is 0 Å². The van der Waals surface area contributed by atoms with Gasteiger partial charge in [0.1, 0.15) is 0 Å². The fourth-order valence-electron chi connectivity index (χ4n) is 1.28. The Morgan fingerprint density at radius 1 is 1.33 bits per heavy atom. The summed E-state index contributed by atoms with van der Waals surface area (Å²) in [7, 11) is 0. The van der Waals surface area contributed by atoms with Crippen LogP contribution in [0.5, 0.6) is 0 Å². The normalized spacial score (nSPS) is 23.1. The van der Waals surface area contributed by atoms with E-state index < -0.39 is 17.2 Å². The van der Waals surface area contributed by atoms with Crippen molar-refractivity contribution in [3.8, 4) is 0 Å². The Kier molecular flexibility index (Phi) is 2.89. The van der Waals surface area contributed by atoms with Gasteiger partial charge in [-0.15, -0.1) is 0 Å². The van der Waals surface area contributed by atoms with Gasteiger partial charge in [-0.2, -0.15) is 0 Å². The van der Waals surface area contributed by atoms with E-state index in [9.17, 15) is 14.7 Å². The molecule has 0 bridgehead atoms. The highest BCUT2D eigenvalue weighted by Gasteiger charge is 2.41. The molecule has 5 heteroatoms. The summed E-state index contributed by atoms with van der Waals surface area (Å²) in [6.45, 7) is 6.91. The van der Waals surface area contributed by atoms with E-state index in [4.69, 9.17) is 0 Å². The summed E-state index contributed by atoms with van der Waals surface area (Å²) in [5, 5.41) is 15.1. The number of hydrogen-bond acceptors (Lipinski definition) is 4. The van der Waals surface area contributed by atoms with Gasteiger partial charge in [0, 0.05) is 5.54 Å². The van der Waals surface area contributed by atoms with E-state index in [2.05, 4.69) is 10.6 Å². The van der Waals surface area contributed by atoms with Crippen LogP contribution in [0.3, 0.4) is 0 Å². The van der Waals surface area contributed by atoms with Gasteiger partial charge in [-0.1, -0.05) is 0 Å². The zero-order chi connectivity index (χ0) is 11.9. The highest BCUT2D eigenvalue weighted by molar-refractivity contribution is 6.05. The summed E-state index contributed by atoms with van der Waals surface area (Å²) < 4.78 is 0. The lowest BCUT2D eigenvalue weighted by Crippen LogP contribution is -2.60. The number of amides is 2. The number of imide groups is 1. The zero-order valence-corrected chi connectivity index (χ0v) is 9.55. The topological polar surface area (TPSA) is 78.4 Å². The van der Waals surface area contributed by atoms with Gasteiger partial charge in [0.15, 0.2) is 0 Å². The molecular weight excluding hydrogens is 196 g/mol. The van der Waals surface area contributed by atoms with Gasteiger partial charge in [-0.25, -0.2) is 0 Å². The first-order valence-electron chi connectivity index (χ1n) is 4.97. The van der Waals surface area contributed by atoms with E-state index in [-0.39, 0.29) is 18.2 Å². The van der Waals surface area contributed by atoms with Crippen LogP contribution >= 0.6 is 0 Å². The zero-order valence-electron chi connectivity index (χ0n) is 9.55. The average Bonchev–Trinajstić information content (AvgIpc) is 2.26. The number of nitrogens with one attached hydrogen (secondary N) is 2. The van der Waals surface area contributed by atoms with E-state index >= 15 is 0 Å². The number of carbonyl (C=O) groups is 2. The van der Waals surface area contributed by atoms with Gasteiger partial charge in [-0.05, 0) is 27.7 Å². The fraction of sp³-hybridized carbons (Fsp3) is 0.800. The Balaban J connectivity index is 2.70. The van der Waals surface area contributed by atoms with Crippen molar-refractivity contribution in [3.05, 3.63) is 0 Å². The molecule has 86 valence electrons. The Bertz CT molecular complexity index is 292. The van der Waals surface area contributed by atoms with Crippen LogP contribution in [-0.2, 0) is 9.59 Å². The maximum Gasteiger partial charge on any atom is 0.244 e. The SMILES string of the molecule is CC(C)(O)C(C)(C)NC1CC(=O)NC1=O. The van der Waals surface area contributed by atoms with Gasteiger partial charge >= 0.3 is 0 Å². The Labute approximate surface area is 89.2 Å². The molecule has 3 N–H and O–H groups in total.